The Morgan fingerprint density at radius 3 is 2.70 bits per heavy atom. The van der Waals surface area contributed by atoms with Gasteiger partial charge in [-0.25, -0.2) is 9.97 Å². The molecule has 0 atom stereocenters. The van der Waals surface area contributed by atoms with E-state index in [-0.39, 0.29) is 5.91 Å². The predicted molar refractivity (Wildman–Crippen MR) is 130 cm³/mol. The zero-order valence-corrected chi connectivity index (χ0v) is 20.1. The van der Waals surface area contributed by atoms with Crippen LogP contribution in [0.2, 0.25) is 0 Å². The van der Waals surface area contributed by atoms with Crippen LogP contribution in [0.5, 0.6) is 0 Å². The van der Waals surface area contributed by atoms with Crippen molar-refractivity contribution < 1.29 is 9.28 Å². The summed E-state index contributed by atoms with van der Waals surface area (Å²) in [4.78, 5) is 22.3. The van der Waals surface area contributed by atoms with Crippen LogP contribution < -0.4 is 10.6 Å². The molecular formula is C25H34N7O+. The van der Waals surface area contributed by atoms with Gasteiger partial charge in [0.1, 0.15) is 0 Å². The Labute approximate surface area is 195 Å². The average molecular weight is 449 g/mol. The van der Waals surface area contributed by atoms with Crippen LogP contribution >= 0.6 is 0 Å². The standard InChI is InChI=1S/C25H33N7O/c1-31-23-20(22(30-31)24(33)26-14-9-15-32(2,3)4)13-8-12-19-17-28-25(29-21(19)23)27-16-18-10-6-5-7-11-18/h5-7,10-11,17H,8-9,12-16H2,1-4H3,(H-,26,27,28,29,33)/p+1. The minimum atomic E-state index is -0.104. The van der Waals surface area contributed by atoms with Crippen molar-refractivity contribution in [3.05, 3.63) is 58.9 Å². The van der Waals surface area contributed by atoms with Gasteiger partial charge in [0, 0.05) is 38.3 Å². The van der Waals surface area contributed by atoms with Crippen LogP contribution in [0.4, 0.5) is 5.95 Å². The molecule has 1 aliphatic carbocycles. The Balaban J connectivity index is 1.54. The van der Waals surface area contributed by atoms with Crippen LogP contribution in [0.25, 0.3) is 11.4 Å². The third kappa shape index (κ3) is 5.57. The molecule has 0 saturated carbocycles. The summed E-state index contributed by atoms with van der Waals surface area (Å²) in [5.41, 5.74) is 5.55. The molecule has 0 fully saturated rings. The maximum Gasteiger partial charge on any atom is 0.272 e. The molecule has 1 aromatic carbocycles. The Hall–Kier alpha value is -3.26. The van der Waals surface area contributed by atoms with E-state index in [1.807, 2.05) is 31.4 Å². The lowest BCUT2D eigenvalue weighted by molar-refractivity contribution is -0.870. The largest absolute Gasteiger partial charge is 0.350 e. The van der Waals surface area contributed by atoms with E-state index in [9.17, 15) is 4.79 Å². The molecule has 8 heteroatoms. The number of quaternary nitrogens is 1. The molecule has 8 nitrogen and oxygen atoms in total. The van der Waals surface area contributed by atoms with Gasteiger partial charge >= 0.3 is 0 Å². The number of aryl methyl sites for hydroxylation is 2. The third-order valence-corrected chi connectivity index (χ3v) is 5.91. The van der Waals surface area contributed by atoms with Crippen molar-refractivity contribution in [2.45, 2.75) is 32.2 Å². The lowest BCUT2D eigenvalue weighted by atomic mass is 10.1. The first kappa shape index (κ1) is 22.9. The molecule has 2 heterocycles. The highest BCUT2D eigenvalue weighted by molar-refractivity contribution is 5.95. The van der Waals surface area contributed by atoms with E-state index in [2.05, 4.69) is 54.0 Å². The minimum Gasteiger partial charge on any atom is -0.350 e. The number of rotatable bonds is 8. The van der Waals surface area contributed by atoms with E-state index in [1.54, 1.807) is 4.68 Å². The summed E-state index contributed by atoms with van der Waals surface area (Å²) >= 11 is 0. The highest BCUT2D eigenvalue weighted by Crippen LogP contribution is 2.33. The van der Waals surface area contributed by atoms with Gasteiger partial charge < -0.3 is 15.1 Å². The molecule has 174 valence electrons. The van der Waals surface area contributed by atoms with Crippen LogP contribution in [0.15, 0.2) is 36.5 Å². The molecule has 1 aliphatic rings. The number of carbonyl (C=O) groups is 1. The number of hydrogen-bond donors (Lipinski definition) is 2. The van der Waals surface area contributed by atoms with E-state index in [4.69, 9.17) is 4.98 Å². The molecule has 0 saturated heterocycles. The van der Waals surface area contributed by atoms with Gasteiger partial charge in [0.2, 0.25) is 5.95 Å². The summed E-state index contributed by atoms with van der Waals surface area (Å²) in [5.74, 6) is 0.478. The summed E-state index contributed by atoms with van der Waals surface area (Å²) in [7, 11) is 8.36. The van der Waals surface area contributed by atoms with Crippen LogP contribution in [-0.2, 0) is 26.4 Å². The van der Waals surface area contributed by atoms with Gasteiger partial charge in [0.25, 0.3) is 5.91 Å². The monoisotopic (exact) mass is 448 g/mol. The van der Waals surface area contributed by atoms with Crippen molar-refractivity contribution in [2.75, 3.05) is 39.5 Å². The summed E-state index contributed by atoms with van der Waals surface area (Å²) in [6, 6.07) is 10.2. The van der Waals surface area contributed by atoms with Crippen molar-refractivity contribution in [3.63, 3.8) is 0 Å². The summed E-state index contributed by atoms with van der Waals surface area (Å²) in [6.07, 6.45) is 5.45. The number of hydrogen-bond acceptors (Lipinski definition) is 5. The van der Waals surface area contributed by atoms with Crippen molar-refractivity contribution in [3.8, 4) is 11.4 Å². The smallest absolute Gasteiger partial charge is 0.272 e. The van der Waals surface area contributed by atoms with E-state index >= 15 is 0 Å². The fourth-order valence-electron chi connectivity index (χ4n) is 4.23. The minimum absolute atomic E-state index is 0.104. The number of fused-ring (bicyclic) bond motifs is 3. The first-order valence-electron chi connectivity index (χ1n) is 11.6. The zero-order chi connectivity index (χ0) is 23.4. The highest BCUT2D eigenvalue weighted by Gasteiger charge is 2.27. The first-order chi connectivity index (χ1) is 15.8. The maximum atomic E-state index is 13.0. The summed E-state index contributed by atoms with van der Waals surface area (Å²) in [6.45, 7) is 2.30. The molecule has 0 bridgehead atoms. The van der Waals surface area contributed by atoms with Crippen molar-refractivity contribution in [1.82, 2.24) is 25.1 Å². The van der Waals surface area contributed by atoms with Gasteiger partial charge in [-0.1, -0.05) is 30.3 Å². The SMILES string of the molecule is Cn1nc(C(=O)NCCC[N+](C)(C)C)c2c1-c1nc(NCc3ccccc3)ncc1CCC2. The van der Waals surface area contributed by atoms with Gasteiger partial charge in [-0.3, -0.25) is 9.48 Å². The molecule has 4 rings (SSSR count). The fraction of sp³-hybridized carbons (Fsp3) is 0.440. The van der Waals surface area contributed by atoms with Crippen LogP contribution in [0, 0.1) is 0 Å². The van der Waals surface area contributed by atoms with Gasteiger partial charge in [-0.05, 0) is 30.4 Å². The second-order valence-corrected chi connectivity index (χ2v) is 9.68. The van der Waals surface area contributed by atoms with Crippen LogP contribution in [0.1, 0.15) is 40.0 Å². The average Bonchev–Trinajstić information content (AvgIpc) is 2.99. The van der Waals surface area contributed by atoms with Crippen molar-refractivity contribution in [1.29, 1.82) is 0 Å². The Kier molecular flexibility index (Phi) is 6.74. The first-order valence-corrected chi connectivity index (χ1v) is 11.6. The van der Waals surface area contributed by atoms with Gasteiger partial charge in [-0.2, -0.15) is 5.10 Å². The number of anilines is 1. The number of carbonyl (C=O) groups excluding carboxylic acids is 1. The summed E-state index contributed by atoms with van der Waals surface area (Å²) in [5, 5.41) is 11.0. The lowest BCUT2D eigenvalue weighted by Gasteiger charge is -2.23. The Bertz CT molecular complexity index is 1120. The second-order valence-electron chi connectivity index (χ2n) is 9.68. The van der Waals surface area contributed by atoms with Crippen LogP contribution in [-0.4, -0.2) is 64.4 Å². The highest BCUT2D eigenvalue weighted by atomic mass is 16.1. The molecule has 2 N–H and O–H groups in total. The summed E-state index contributed by atoms with van der Waals surface area (Å²) < 4.78 is 2.68. The molecule has 2 aromatic heterocycles. The van der Waals surface area contributed by atoms with E-state index in [0.717, 1.165) is 59.2 Å². The Morgan fingerprint density at radius 1 is 1.15 bits per heavy atom. The quantitative estimate of drug-likeness (QED) is 0.409. The van der Waals surface area contributed by atoms with Crippen molar-refractivity contribution in [2.24, 2.45) is 7.05 Å². The molecule has 0 radical (unpaired) electrons. The van der Waals surface area contributed by atoms with Gasteiger partial charge in [-0.15, -0.1) is 0 Å². The molecule has 3 aromatic rings. The van der Waals surface area contributed by atoms with Crippen LogP contribution in [0.3, 0.4) is 0 Å². The number of nitrogens with one attached hydrogen (secondary N) is 2. The lowest BCUT2D eigenvalue weighted by Crippen LogP contribution is -2.37. The normalized spacial score (nSPS) is 13.1. The molecule has 0 spiro atoms. The predicted octanol–water partition coefficient (Wildman–Crippen LogP) is 2.80. The number of benzene rings is 1. The molecule has 33 heavy (non-hydrogen) atoms. The van der Waals surface area contributed by atoms with E-state index in [1.165, 1.54) is 5.56 Å². The molecule has 0 unspecified atom stereocenters. The maximum absolute atomic E-state index is 13.0. The van der Waals surface area contributed by atoms with E-state index in [0.29, 0.717) is 24.7 Å². The van der Waals surface area contributed by atoms with Gasteiger partial charge in [0.05, 0.1) is 39.1 Å². The topological polar surface area (TPSA) is 84.7 Å². The van der Waals surface area contributed by atoms with Crippen molar-refractivity contribution >= 4 is 11.9 Å². The third-order valence-electron chi connectivity index (χ3n) is 5.91. The molecular weight excluding hydrogens is 414 g/mol. The number of amides is 1. The molecule has 0 aliphatic heterocycles. The zero-order valence-electron chi connectivity index (χ0n) is 20.1. The van der Waals surface area contributed by atoms with Gasteiger partial charge in [0.15, 0.2) is 5.69 Å². The second kappa shape index (κ2) is 9.70. The number of aromatic nitrogens is 4. The number of nitrogens with zero attached hydrogens (tertiary/aromatic N) is 5. The van der Waals surface area contributed by atoms with E-state index < -0.39 is 0 Å². The molecule has 1 amide bonds. The fourth-order valence-corrected chi connectivity index (χ4v) is 4.23. The Morgan fingerprint density at radius 2 is 1.94 bits per heavy atom.